The van der Waals surface area contributed by atoms with Gasteiger partial charge in [0.25, 0.3) is 0 Å². The molecule has 0 aliphatic carbocycles. The maximum absolute atomic E-state index is 7.41. The first-order valence-corrected chi connectivity index (χ1v) is 10.3. The van der Waals surface area contributed by atoms with Gasteiger partial charge in [-0.3, -0.25) is 10.8 Å². The van der Waals surface area contributed by atoms with Crippen molar-refractivity contribution < 1.29 is 13.9 Å². The van der Waals surface area contributed by atoms with Crippen molar-refractivity contribution in [2.24, 2.45) is 11.5 Å². The number of nitrogens with two attached hydrogens (primary N) is 2. The van der Waals surface area contributed by atoms with Crippen molar-refractivity contribution in [2.45, 2.75) is 0 Å². The number of guanidine groups is 2. The number of hydrogen-bond donors (Lipinski definition) is 8. The Balaban J connectivity index is 0.00000272. The van der Waals surface area contributed by atoms with Crippen molar-refractivity contribution in [1.29, 1.82) is 10.8 Å². The lowest BCUT2D eigenvalue weighted by Gasteiger charge is -2.12. The van der Waals surface area contributed by atoms with E-state index in [0.717, 1.165) is 11.1 Å². The zero-order valence-electron chi connectivity index (χ0n) is 17.1. The summed E-state index contributed by atoms with van der Waals surface area (Å²) in [5, 5.41) is 20.3. The van der Waals surface area contributed by atoms with E-state index in [2.05, 4.69) is 35.9 Å². The number of halogens is 2. The van der Waals surface area contributed by atoms with Crippen molar-refractivity contribution in [3.05, 3.63) is 48.5 Å². The third kappa shape index (κ3) is 7.32. The molecule has 0 fully saturated rings. The Morgan fingerprint density at radius 2 is 1.15 bits per heavy atom. The van der Waals surface area contributed by atoms with E-state index >= 15 is 0 Å². The van der Waals surface area contributed by atoms with E-state index in [-0.39, 0.29) is 48.6 Å². The first kappa shape index (κ1) is 28.2. The van der Waals surface area contributed by atoms with E-state index < -0.39 is 0 Å². The Morgan fingerprint density at radius 3 is 1.48 bits per heavy atom. The van der Waals surface area contributed by atoms with Crippen LogP contribution in [-0.4, -0.2) is 23.8 Å². The van der Waals surface area contributed by atoms with Crippen molar-refractivity contribution in [1.82, 2.24) is 0 Å². The van der Waals surface area contributed by atoms with Gasteiger partial charge in [-0.15, -0.1) is 50.1 Å². The van der Waals surface area contributed by atoms with E-state index in [9.17, 15) is 0 Å². The summed E-state index contributed by atoms with van der Waals surface area (Å²) >= 11 is 8.19. The van der Waals surface area contributed by atoms with Gasteiger partial charge in [-0.2, -0.15) is 0 Å². The van der Waals surface area contributed by atoms with Gasteiger partial charge < -0.3 is 36.0 Å². The second-order valence-electron chi connectivity index (χ2n) is 6.21. The first-order valence-electron chi connectivity index (χ1n) is 8.99. The van der Waals surface area contributed by atoms with Gasteiger partial charge >= 0.3 is 0 Å². The maximum Gasteiger partial charge on any atom is 0.190 e. The monoisotopic (exact) mass is 530 g/mol. The predicted octanol–water partition coefficient (Wildman–Crippen LogP) is 4.60. The van der Waals surface area contributed by atoms with Crippen molar-refractivity contribution in [3.63, 3.8) is 0 Å². The minimum atomic E-state index is -0.195. The molecule has 9 nitrogen and oxygen atoms in total. The molecule has 0 atom stereocenters. The molecule has 1 aromatic heterocycles. The normalized spacial score (nSPS) is 9.76. The Hall–Kier alpha value is -2.86. The fourth-order valence-corrected chi connectivity index (χ4v) is 3.15. The lowest BCUT2D eigenvalue weighted by Crippen LogP contribution is -2.20. The van der Waals surface area contributed by atoms with Crippen molar-refractivity contribution in [3.8, 4) is 34.1 Å². The number of rotatable bonds is 8. The van der Waals surface area contributed by atoms with Crippen LogP contribution in [0, 0.1) is 10.8 Å². The fourth-order valence-electron chi connectivity index (χ4n) is 2.87. The standard InChI is InChI=1S/C20H22N6O3S2.2ClH/c21-19(22)25-13-3-1-11(7-17(13)27-9-30)15-5-6-16(29-15)12-2-4-14(26-20(23)24)18(8-12)28-10-31;;/h1-8,30-31H,9-10H2,(H4,21,22,25)(H4,23,24,26);2*1H. The van der Waals surface area contributed by atoms with Crippen LogP contribution in [0.2, 0.25) is 0 Å². The quantitative estimate of drug-likeness (QED) is 0.0914. The van der Waals surface area contributed by atoms with Crippen LogP contribution in [-0.2, 0) is 0 Å². The van der Waals surface area contributed by atoms with Crippen LogP contribution in [0.4, 0.5) is 11.4 Å². The highest BCUT2D eigenvalue weighted by Gasteiger charge is 2.13. The van der Waals surface area contributed by atoms with Crippen LogP contribution in [0.15, 0.2) is 52.9 Å². The molecular weight excluding hydrogens is 507 g/mol. The summed E-state index contributed by atoms with van der Waals surface area (Å²) in [6, 6.07) is 14.4. The van der Waals surface area contributed by atoms with E-state index in [1.165, 1.54) is 0 Å². The minimum Gasteiger partial charge on any atom is -0.481 e. The fraction of sp³-hybridized carbons (Fsp3) is 0.100. The van der Waals surface area contributed by atoms with E-state index in [1.54, 1.807) is 24.3 Å². The SMILES string of the molecule is Cl.Cl.N=C(N)Nc1ccc(-c2ccc(-c3ccc(NC(=N)N)c(OCS)c3)o2)cc1OCS. The minimum absolute atomic E-state index is 0. The topological polar surface area (TPSA) is 155 Å². The summed E-state index contributed by atoms with van der Waals surface area (Å²) in [5.74, 6) is 2.15. The molecule has 0 aliphatic heterocycles. The third-order valence-corrected chi connectivity index (χ3v) is 4.38. The Bertz CT molecular complexity index is 1030. The molecule has 3 rings (SSSR count). The van der Waals surface area contributed by atoms with Crippen molar-refractivity contribution >= 4 is 73.4 Å². The van der Waals surface area contributed by atoms with Gasteiger partial charge in [0, 0.05) is 11.1 Å². The molecule has 0 amide bonds. The Labute approximate surface area is 214 Å². The van der Waals surface area contributed by atoms with Crippen LogP contribution in [0.25, 0.3) is 22.6 Å². The molecule has 0 saturated heterocycles. The number of furan rings is 1. The zero-order valence-corrected chi connectivity index (χ0v) is 20.5. The van der Waals surface area contributed by atoms with Gasteiger partial charge in [-0.1, -0.05) is 0 Å². The van der Waals surface area contributed by atoms with E-state index in [4.69, 9.17) is 36.2 Å². The number of thiol groups is 2. The van der Waals surface area contributed by atoms with Gasteiger partial charge in [0.2, 0.25) is 0 Å². The summed E-state index contributed by atoms with van der Waals surface area (Å²) in [4.78, 5) is 0. The van der Waals surface area contributed by atoms with E-state index in [0.29, 0.717) is 34.4 Å². The highest BCUT2D eigenvalue weighted by atomic mass is 35.5. The third-order valence-electron chi connectivity index (χ3n) is 4.12. The van der Waals surface area contributed by atoms with Gasteiger partial charge in [-0.25, -0.2) is 0 Å². The average Bonchev–Trinajstić information content (AvgIpc) is 3.20. The number of nitrogens with one attached hydrogen (secondary N) is 4. The average molecular weight is 531 g/mol. The summed E-state index contributed by atoms with van der Waals surface area (Å²) in [5.41, 5.74) is 13.5. The molecule has 0 unspecified atom stereocenters. The number of ether oxygens (including phenoxy) is 2. The van der Waals surface area contributed by atoms with Crippen LogP contribution in [0.5, 0.6) is 11.5 Å². The second kappa shape index (κ2) is 13.0. The summed E-state index contributed by atoms with van der Waals surface area (Å²) in [7, 11) is 0. The molecule has 0 radical (unpaired) electrons. The molecule has 0 saturated carbocycles. The molecule has 1 heterocycles. The van der Waals surface area contributed by atoms with Gasteiger partial charge in [0.05, 0.1) is 11.4 Å². The smallest absolute Gasteiger partial charge is 0.190 e. The Morgan fingerprint density at radius 1 is 0.758 bits per heavy atom. The zero-order chi connectivity index (χ0) is 22.4. The molecule has 3 aromatic rings. The number of hydrogen-bond acceptors (Lipinski definition) is 7. The van der Waals surface area contributed by atoms with Gasteiger partial charge in [0.15, 0.2) is 11.9 Å². The lowest BCUT2D eigenvalue weighted by atomic mass is 10.1. The number of benzene rings is 2. The number of anilines is 2. The largest absolute Gasteiger partial charge is 0.481 e. The Kier molecular flexibility index (Phi) is 11.1. The summed E-state index contributed by atoms with van der Waals surface area (Å²) in [6.45, 7) is 0. The lowest BCUT2D eigenvalue weighted by molar-refractivity contribution is 0.396. The molecule has 13 heteroatoms. The maximum atomic E-state index is 7.41. The van der Waals surface area contributed by atoms with Gasteiger partial charge in [-0.05, 0) is 48.5 Å². The molecule has 0 aliphatic rings. The van der Waals surface area contributed by atoms with Crippen LogP contribution < -0.4 is 31.6 Å². The molecular formula is C20H24Cl2N6O3S2. The van der Waals surface area contributed by atoms with E-state index in [1.807, 2.05) is 24.3 Å². The summed E-state index contributed by atoms with van der Waals surface area (Å²) < 4.78 is 17.1. The summed E-state index contributed by atoms with van der Waals surface area (Å²) in [6.07, 6.45) is 0. The molecule has 0 bridgehead atoms. The van der Waals surface area contributed by atoms with Crippen LogP contribution in [0.1, 0.15) is 0 Å². The second-order valence-corrected chi connectivity index (χ2v) is 6.73. The molecule has 33 heavy (non-hydrogen) atoms. The first-order chi connectivity index (χ1) is 14.9. The molecule has 0 spiro atoms. The molecule has 2 aromatic carbocycles. The van der Waals surface area contributed by atoms with Crippen LogP contribution in [0.3, 0.4) is 0 Å². The molecule has 8 N–H and O–H groups in total. The molecule has 178 valence electrons. The van der Waals surface area contributed by atoms with Crippen LogP contribution >= 0.6 is 50.1 Å². The highest BCUT2D eigenvalue weighted by Crippen LogP contribution is 2.36. The van der Waals surface area contributed by atoms with Gasteiger partial charge in [0.1, 0.15) is 34.9 Å². The highest BCUT2D eigenvalue weighted by molar-refractivity contribution is 7.80. The van der Waals surface area contributed by atoms with Crippen molar-refractivity contribution in [2.75, 3.05) is 22.5 Å². The predicted molar refractivity (Wildman–Crippen MR) is 144 cm³/mol.